The number of benzene rings is 5. The molecule has 0 fully saturated rings. The largest absolute Gasteiger partial charge is 0.455 e. The van der Waals surface area contributed by atoms with Gasteiger partial charge in [-0.25, -0.2) is 0 Å². The second-order valence-electron chi connectivity index (χ2n) is 8.99. The molecule has 5 aromatic carbocycles. The van der Waals surface area contributed by atoms with Crippen LogP contribution < -0.4 is 20.7 Å². The Balaban J connectivity index is 1.72. The predicted molar refractivity (Wildman–Crippen MR) is 141 cm³/mol. The van der Waals surface area contributed by atoms with Crippen molar-refractivity contribution in [3.05, 3.63) is 121 Å². The van der Waals surface area contributed by atoms with Gasteiger partial charge in [-0.1, -0.05) is 115 Å². The fraction of sp³-hybridized carbons (Fsp3) is 0.0323. The van der Waals surface area contributed by atoms with E-state index < -0.39 is 8.07 Å². The molecular weight excluding hydrogens is 416 g/mol. The molecule has 0 radical (unpaired) electrons. The van der Waals surface area contributed by atoms with Crippen molar-refractivity contribution in [2.24, 2.45) is 0 Å². The Labute approximate surface area is 194 Å². The van der Waals surface area contributed by atoms with E-state index in [-0.39, 0.29) is 0 Å². The molecule has 0 N–H and O–H groups in total. The lowest BCUT2D eigenvalue weighted by molar-refractivity contribution is 0.670. The number of hydrogen-bond donors (Lipinski definition) is 0. The van der Waals surface area contributed by atoms with E-state index in [1.54, 1.807) is 0 Å². The summed E-state index contributed by atoms with van der Waals surface area (Å²) in [6, 6.07) is 42.3. The third-order valence-corrected chi connectivity index (χ3v) is 12.1. The Morgan fingerprint density at radius 2 is 1.24 bits per heavy atom. The molecule has 2 heteroatoms. The summed E-state index contributed by atoms with van der Waals surface area (Å²) in [4.78, 5) is 0. The second-order valence-corrected chi connectivity index (χ2v) is 12.7. The van der Waals surface area contributed by atoms with Crippen LogP contribution in [0.3, 0.4) is 0 Å². The van der Waals surface area contributed by atoms with Gasteiger partial charge in [0, 0.05) is 16.3 Å². The van der Waals surface area contributed by atoms with Crippen LogP contribution in [0.2, 0.25) is 0 Å². The lowest BCUT2D eigenvalue weighted by Gasteiger charge is -2.31. The van der Waals surface area contributed by atoms with Gasteiger partial charge in [-0.05, 0) is 39.3 Å². The first-order valence-electron chi connectivity index (χ1n) is 11.5. The molecule has 0 aliphatic carbocycles. The number of rotatable bonds is 2. The molecule has 0 saturated heterocycles. The number of aryl methyl sites for hydroxylation is 1. The van der Waals surface area contributed by atoms with Crippen LogP contribution in [-0.4, -0.2) is 8.07 Å². The third kappa shape index (κ3) is 2.41. The summed E-state index contributed by atoms with van der Waals surface area (Å²) in [6.07, 6.45) is 0. The molecule has 6 aromatic rings. The summed E-state index contributed by atoms with van der Waals surface area (Å²) < 4.78 is 6.57. The van der Waals surface area contributed by atoms with Crippen molar-refractivity contribution in [3.8, 4) is 11.1 Å². The van der Waals surface area contributed by atoms with Crippen LogP contribution in [0.1, 0.15) is 5.56 Å². The predicted octanol–water partition coefficient (Wildman–Crippen LogP) is 5.25. The molecule has 0 amide bonds. The zero-order valence-electron chi connectivity index (χ0n) is 18.4. The molecule has 1 aliphatic rings. The summed E-state index contributed by atoms with van der Waals surface area (Å²) in [5, 5.41) is 8.09. The minimum Gasteiger partial charge on any atom is -0.455 e. The van der Waals surface area contributed by atoms with Gasteiger partial charge in [0.15, 0.2) is 8.07 Å². The van der Waals surface area contributed by atoms with Gasteiger partial charge in [0.25, 0.3) is 0 Å². The Morgan fingerprint density at radius 3 is 1.97 bits per heavy atom. The molecule has 0 unspecified atom stereocenters. The van der Waals surface area contributed by atoms with Gasteiger partial charge in [0.05, 0.1) is 0 Å². The maximum atomic E-state index is 6.57. The SMILES string of the molecule is Cc1ccc2c(c1)[Si](c1ccccc1)(c1ccccc1)c1ccc3c(oc4ccccc43)c1-2. The fourth-order valence-corrected chi connectivity index (χ4v) is 11.1. The van der Waals surface area contributed by atoms with Crippen LogP contribution in [-0.2, 0) is 0 Å². The van der Waals surface area contributed by atoms with Gasteiger partial charge >= 0.3 is 0 Å². The zero-order chi connectivity index (χ0) is 22.0. The van der Waals surface area contributed by atoms with Crippen LogP contribution in [0, 0.1) is 6.92 Å². The van der Waals surface area contributed by atoms with Crippen molar-refractivity contribution >= 4 is 50.8 Å². The van der Waals surface area contributed by atoms with Gasteiger partial charge in [0.2, 0.25) is 0 Å². The summed E-state index contributed by atoms with van der Waals surface area (Å²) >= 11 is 0. The highest BCUT2D eigenvalue weighted by atomic mass is 28.3. The van der Waals surface area contributed by atoms with Gasteiger partial charge in [-0.3, -0.25) is 0 Å². The van der Waals surface area contributed by atoms with Crippen molar-refractivity contribution in [1.29, 1.82) is 0 Å². The van der Waals surface area contributed by atoms with E-state index in [0.717, 1.165) is 11.2 Å². The van der Waals surface area contributed by atoms with E-state index in [0.29, 0.717) is 0 Å². The lowest BCUT2D eigenvalue weighted by atomic mass is 10.0. The van der Waals surface area contributed by atoms with E-state index in [4.69, 9.17) is 4.42 Å². The van der Waals surface area contributed by atoms with Crippen LogP contribution in [0.5, 0.6) is 0 Å². The number of hydrogen-bond acceptors (Lipinski definition) is 1. The Morgan fingerprint density at radius 1 is 0.576 bits per heavy atom. The summed E-state index contributed by atoms with van der Waals surface area (Å²) in [5.74, 6) is 0. The molecule has 2 heterocycles. The maximum absolute atomic E-state index is 6.57. The Bertz CT molecular complexity index is 1620. The van der Waals surface area contributed by atoms with Gasteiger partial charge in [-0.15, -0.1) is 0 Å². The Kier molecular flexibility index (Phi) is 3.85. The molecule has 0 bridgehead atoms. The summed E-state index contributed by atoms with van der Waals surface area (Å²) in [6.45, 7) is 2.20. The summed E-state index contributed by atoms with van der Waals surface area (Å²) in [5.41, 5.74) is 5.86. The average molecular weight is 439 g/mol. The van der Waals surface area contributed by atoms with E-state index in [1.807, 2.05) is 0 Å². The molecule has 0 atom stereocenters. The van der Waals surface area contributed by atoms with Crippen LogP contribution >= 0.6 is 0 Å². The zero-order valence-corrected chi connectivity index (χ0v) is 19.4. The number of para-hydroxylation sites is 1. The van der Waals surface area contributed by atoms with E-state index in [1.165, 1.54) is 48.2 Å². The molecule has 7 rings (SSSR count). The van der Waals surface area contributed by atoms with Crippen LogP contribution in [0.25, 0.3) is 33.1 Å². The smallest absolute Gasteiger partial charge is 0.181 e. The molecule has 1 aromatic heterocycles. The first-order chi connectivity index (χ1) is 16.3. The summed E-state index contributed by atoms with van der Waals surface area (Å²) in [7, 11) is -2.48. The highest BCUT2D eigenvalue weighted by Gasteiger charge is 2.49. The Hall–Kier alpha value is -3.88. The lowest BCUT2D eigenvalue weighted by Crippen LogP contribution is -2.72. The fourth-order valence-electron chi connectivity index (χ4n) is 5.87. The highest BCUT2D eigenvalue weighted by molar-refractivity contribution is 7.22. The van der Waals surface area contributed by atoms with Gasteiger partial charge in [-0.2, -0.15) is 0 Å². The molecule has 1 nitrogen and oxygen atoms in total. The first kappa shape index (κ1) is 18.7. The van der Waals surface area contributed by atoms with Crippen molar-refractivity contribution in [2.45, 2.75) is 6.92 Å². The van der Waals surface area contributed by atoms with Crippen molar-refractivity contribution in [1.82, 2.24) is 0 Å². The number of fused-ring (bicyclic) bond motifs is 7. The molecular formula is C31H22OSi. The quantitative estimate of drug-likeness (QED) is 0.336. The highest BCUT2D eigenvalue weighted by Crippen LogP contribution is 2.39. The van der Waals surface area contributed by atoms with Gasteiger partial charge in [0.1, 0.15) is 11.2 Å². The molecule has 0 saturated carbocycles. The molecule has 156 valence electrons. The number of furan rings is 1. The standard InChI is InChI=1S/C31H22OSi/c1-21-16-17-26-29(20-21)33(22-10-4-2-5-11-22,23-12-6-3-7-13-23)28-19-18-25-24-14-8-9-15-27(24)32-31(25)30(26)28/h2-20H,1H3. The minimum absolute atomic E-state index is 0.952. The average Bonchev–Trinajstić information content (AvgIpc) is 3.38. The maximum Gasteiger partial charge on any atom is 0.181 e. The molecule has 33 heavy (non-hydrogen) atoms. The third-order valence-electron chi connectivity index (χ3n) is 7.21. The topological polar surface area (TPSA) is 13.1 Å². The van der Waals surface area contributed by atoms with Crippen LogP contribution in [0.15, 0.2) is 120 Å². The van der Waals surface area contributed by atoms with Crippen molar-refractivity contribution in [2.75, 3.05) is 0 Å². The van der Waals surface area contributed by atoms with E-state index in [9.17, 15) is 0 Å². The van der Waals surface area contributed by atoms with E-state index >= 15 is 0 Å². The van der Waals surface area contributed by atoms with Crippen molar-refractivity contribution in [3.63, 3.8) is 0 Å². The molecule has 0 spiro atoms. The van der Waals surface area contributed by atoms with Crippen LogP contribution in [0.4, 0.5) is 0 Å². The second kappa shape index (κ2) is 6.81. The van der Waals surface area contributed by atoms with E-state index in [2.05, 4.69) is 122 Å². The monoisotopic (exact) mass is 438 g/mol. The minimum atomic E-state index is -2.48. The molecule has 1 aliphatic heterocycles. The first-order valence-corrected chi connectivity index (χ1v) is 13.5. The van der Waals surface area contributed by atoms with Gasteiger partial charge < -0.3 is 4.42 Å². The normalized spacial score (nSPS) is 13.8. The van der Waals surface area contributed by atoms with Crippen molar-refractivity contribution < 1.29 is 4.42 Å².